The number of alkyl carbamates (subject to hydrolysis) is 1. The van der Waals surface area contributed by atoms with Crippen LogP contribution in [0.1, 0.15) is 52.9 Å². The molecule has 108 valence electrons. The van der Waals surface area contributed by atoms with Crippen LogP contribution in [0, 0.1) is 12.3 Å². The highest BCUT2D eigenvalue weighted by molar-refractivity contribution is 5.68. The molecule has 4 heteroatoms. The number of carbonyl (C=O) groups is 1. The molecule has 2 unspecified atom stereocenters. The van der Waals surface area contributed by atoms with Crippen molar-refractivity contribution in [3.63, 3.8) is 0 Å². The first-order chi connectivity index (χ1) is 8.90. The fourth-order valence-electron chi connectivity index (χ4n) is 2.27. The third-order valence-corrected chi connectivity index (χ3v) is 3.08. The monoisotopic (exact) mass is 266 g/mol. The lowest BCUT2D eigenvalue weighted by Gasteiger charge is -2.21. The largest absolute Gasteiger partial charge is 0.444 e. The number of terminal acetylenes is 1. The fraction of sp³-hybridized carbons (Fsp3) is 0.800. The van der Waals surface area contributed by atoms with Gasteiger partial charge in [0.25, 0.3) is 0 Å². The molecule has 1 amide bonds. The van der Waals surface area contributed by atoms with Crippen molar-refractivity contribution < 1.29 is 9.53 Å². The minimum Gasteiger partial charge on any atom is -0.444 e. The van der Waals surface area contributed by atoms with E-state index in [9.17, 15) is 4.79 Å². The van der Waals surface area contributed by atoms with Crippen LogP contribution in [0.2, 0.25) is 0 Å². The van der Waals surface area contributed by atoms with Crippen molar-refractivity contribution in [3.05, 3.63) is 0 Å². The second-order valence-corrected chi connectivity index (χ2v) is 6.11. The molecule has 4 nitrogen and oxygen atoms in total. The van der Waals surface area contributed by atoms with Gasteiger partial charge in [-0.05, 0) is 53.0 Å². The maximum atomic E-state index is 11.6. The first-order valence-corrected chi connectivity index (χ1v) is 7.07. The predicted molar refractivity (Wildman–Crippen MR) is 76.9 cm³/mol. The molecule has 0 spiro atoms. The number of nitrogens with one attached hydrogen (secondary N) is 2. The Kier molecular flexibility index (Phi) is 6.17. The summed E-state index contributed by atoms with van der Waals surface area (Å²) in [6.45, 7) is 6.57. The van der Waals surface area contributed by atoms with Gasteiger partial charge < -0.3 is 15.4 Å². The Labute approximate surface area is 116 Å². The molecule has 0 heterocycles. The normalized spacial score (nSPS) is 22.8. The van der Waals surface area contributed by atoms with Gasteiger partial charge in [-0.2, -0.15) is 0 Å². The Balaban J connectivity index is 2.18. The van der Waals surface area contributed by atoms with Crippen molar-refractivity contribution in [1.29, 1.82) is 0 Å². The van der Waals surface area contributed by atoms with E-state index in [1.54, 1.807) is 0 Å². The molecule has 2 N–H and O–H groups in total. The van der Waals surface area contributed by atoms with E-state index < -0.39 is 5.60 Å². The van der Waals surface area contributed by atoms with Gasteiger partial charge in [0.2, 0.25) is 0 Å². The smallest absolute Gasteiger partial charge is 0.407 e. The van der Waals surface area contributed by atoms with Gasteiger partial charge in [0.05, 0.1) is 0 Å². The van der Waals surface area contributed by atoms with Crippen molar-refractivity contribution in [2.45, 2.75) is 70.6 Å². The standard InChI is InChI=1S/C15H26N2O2/c1-5-6-7-10-16-12-8-9-13(11-12)17-14(18)19-15(2,3)4/h1,12-13,16H,6-11H2,2-4H3,(H,17,18). The summed E-state index contributed by atoms with van der Waals surface area (Å²) in [4.78, 5) is 11.6. The van der Waals surface area contributed by atoms with E-state index >= 15 is 0 Å². The molecule has 1 rings (SSSR count). The van der Waals surface area contributed by atoms with Gasteiger partial charge in [0, 0.05) is 18.5 Å². The lowest BCUT2D eigenvalue weighted by Crippen LogP contribution is -2.39. The second kappa shape index (κ2) is 7.40. The van der Waals surface area contributed by atoms with Gasteiger partial charge in [-0.3, -0.25) is 0 Å². The van der Waals surface area contributed by atoms with Crippen molar-refractivity contribution >= 4 is 6.09 Å². The van der Waals surface area contributed by atoms with Crippen LogP contribution in [0.15, 0.2) is 0 Å². The Hall–Kier alpha value is -1.21. The van der Waals surface area contributed by atoms with E-state index in [1.165, 1.54) is 0 Å². The minimum atomic E-state index is -0.435. The summed E-state index contributed by atoms with van der Waals surface area (Å²) in [6, 6.07) is 0.706. The van der Waals surface area contributed by atoms with E-state index in [0.717, 1.165) is 38.6 Å². The number of hydrogen-bond acceptors (Lipinski definition) is 3. The molecule has 0 aliphatic heterocycles. The summed E-state index contributed by atoms with van der Waals surface area (Å²) in [5, 5.41) is 6.41. The summed E-state index contributed by atoms with van der Waals surface area (Å²) in [7, 11) is 0. The van der Waals surface area contributed by atoms with Crippen LogP contribution < -0.4 is 10.6 Å². The zero-order chi connectivity index (χ0) is 14.3. The van der Waals surface area contributed by atoms with Gasteiger partial charge >= 0.3 is 6.09 Å². The Morgan fingerprint density at radius 3 is 2.68 bits per heavy atom. The highest BCUT2D eigenvalue weighted by Gasteiger charge is 2.27. The molecule has 1 fully saturated rings. The van der Waals surface area contributed by atoms with Crippen LogP contribution >= 0.6 is 0 Å². The van der Waals surface area contributed by atoms with Gasteiger partial charge in [0.1, 0.15) is 5.60 Å². The zero-order valence-corrected chi connectivity index (χ0v) is 12.3. The van der Waals surface area contributed by atoms with Gasteiger partial charge in [-0.1, -0.05) is 0 Å². The summed E-state index contributed by atoms with van der Waals surface area (Å²) < 4.78 is 5.26. The zero-order valence-electron chi connectivity index (χ0n) is 12.3. The third kappa shape index (κ3) is 7.07. The molecule has 0 bridgehead atoms. The summed E-state index contributed by atoms with van der Waals surface area (Å²) >= 11 is 0. The van der Waals surface area contributed by atoms with Gasteiger partial charge in [-0.15, -0.1) is 12.3 Å². The SMILES string of the molecule is C#CCCCNC1CCC(NC(=O)OC(C)(C)C)C1. The number of carbonyl (C=O) groups excluding carboxylic acids is 1. The van der Waals surface area contributed by atoms with Crippen LogP contribution in [0.5, 0.6) is 0 Å². The quantitative estimate of drug-likeness (QED) is 0.593. The molecule has 0 radical (unpaired) electrons. The van der Waals surface area contributed by atoms with Crippen LogP contribution in [-0.2, 0) is 4.74 Å². The first kappa shape index (κ1) is 15.8. The van der Waals surface area contributed by atoms with Crippen molar-refractivity contribution in [2.24, 2.45) is 0 Å². The average Bonchev–Trinajstić information content (AvgIpc) is 2.69. The number of amides is 1. The highest BCUT2D eigenvalue weighted by atomic mass is 16.6. The van der Waals surface area contributed by atoms with E-state index in [2.05, 4.69) is 16.6 Å². The van der Waals surface area contributed by atoms with Crippen molar-refractivity contribution in [2.75, 3.05) is 6.54 Å². The molecule has 0 aromatic rings. The number of rotatable bonds is 5. The molecule has 0 saturated heterocycles. The second-order valence-electron chi connectivity index (χ2n) is 6.11. The van der Waals surface area contributed by atoms with Crippen molar-refractivity contribution in [1.82, 2.24) is 10.6 Å². The maximum Gasteiger partial charge on any atom is 0.407 e. The van der Waals surface area contributed by atoms with Crippen molar-refractivity contribution in [3.8, 4) is 12.3 Å². The van der Waals surface area contributed by atoms with Crippen LogP contribution in [0.25, 0.3) is 0 Å². The Morgan fingerprint density at radius 2 is 2.05 bits per heavy atom. The van der Waals surface area contributed by atoms with E-state index in [-0.39, 0.29) is 12.1 Å². The molecule has 1 saturated carbocycles. The maximum absolute atomic E-state index is 11.6. The minimum absolute atomic E-state index is 0.222. The summed E-state index contributed by atoms with van der Waals surface area (Å²) in [6.07, 6.45) is 9.79. The van der Waals surface area contributed by atoms with E-state index in [1.807, 2.05) is 20.8 Å². The molecular weight excluding hydrogens is 240 g/mol. The number of unbranched alkanes of at least 4 members (excludes halogenated alkanes) is 1. The molecule has 2 atom stereocenters. The molecule has 0 aromatic carbocycles. The fourth-order valence-corrected chi connectivity index (χ4v) is 2.27. The Bertz CT molecular complexity index is 328. The lowest BCUT2D eigenvalue weighted by atomic mass is 10.2. The topological polar surface area (TPSA) is 50.4 Å². The number of ether oxygens (including phenoxy) is 1. The van der Waals surface area contributed by atoms with Crippen LogP contribution in [0.3, 0.4) is 0 Å². The van der Waals surface area contributed by atoms with Gasteiger partial charge in [-0.25, -0.2) is 4.79 Å². The molecule has 19 heavy (non-hydrogen) atoms. The Morgan fingerprint density at radius 1 is 1.37 bits per heavy atom. The summed E-state index contributed by atoms with van der Waals surface area (Å²) in [5.41, 5.74) is -0.435. The van der Waals surface area contributed by atoms with Crippen LogP contribution in [-0.4, -0.2) is 30.3 Å². The predicted octanol–water partition coefficient (Wildman–Crippen LogP) is 2.44. The molecule has 1 aliphatic carbocycles. The van der Waals surface area contributed by atoms with E-state index in [4.69, 9.17) is 11.2 Å². The lowest BCUT2D eigenvalue weighted by molar-refractivity contribution is 0.0505. The molecule has 0 aromatic heterocycles. The van der Waals surface area contributed by atoms with Gasteiger partial charge in [0.15, 0.2) is 0 Å². The molecule has 1 aliphatic rings. The van der Waals surface area contributed by atoms with E-state index in [0.29, 0.717) is 6.04 Å². The molecular formula is C15H26N2O2. The summed E-state index contributed by atoms with van der Waals surface area (Å²) in [5.74, 6) is 2.64. The van der Waals surface area contributed by atoms with Crippen LogP contribution in [0.4, 0.5) is 4.79 Å². The first-order valence-electron chi connectivity index (χ1n) is 7.07. The highest BCUT2D eigenvalue weighted by Crippen LogP contribution is 2.19. The average molecular weight is 266 g/mol. The number of hydrogen-bond donors (Lipinski definition) is 2. The third-order valence-electron chi connectivity index (χ3n) is 3.08.